The first-order chi connectivity index (χ1) is 28.9. The molecule has 5 saturated heterocycles. The van der Waals surface area contributed by atoms with E-state index in [0.29, 0.717) is 30.1 Å². The van der Waals surface area contributed by atoms with Crippen molar-refractivity contribution in [1.82, 2.24) is 0 Å². The summed E-state index contributed by atoms with van der Waals surface area (Å²) < 4.78 is 50.8. The second-order valence-corrected chi connectivity index (χ2v) is 20.7. The minimum Gasteiger partial charge on any atom is -0.394 e. The van der Waals surface area contributed by atoms with Crippen LogP contribution in [-0.2, 0) is 37.9 Å². The normalized spacial score (nSPS) is 58.4. The van der Waals surface area contributed by atoms with Gasteiger partial charge in [0.25, 0.3) is 0 Å². The van der Waals surface area contributed by atoms with Gasteiger partial charge in [0, 0.05) is 24.2 Å². The fraction of sp³-hybridized carbons (Fsp3) is 0.955. The van der Waals surface area contributed by atoms with Gasteiger partial charge in [-0.1, -0.05) is 39.3 Å². The molecule has 0 aromatic heterocycles. The Labute approximate surface area is 357 Å². The number of fused-ring (bicyclic) bond motifs is 7. The van der Waals surface area contributed by atoms with Gasteiger partial charge in [-0.2, -0.15) is 0 Å². The molecule has 8 fully saturated rings. The molecule has 9 aliphatic rings. The van der Waals surface area contributed by atoms with Gasteiger partial charge in [-0.05, 0) is 80.5 Å². The molecular formula is C44H70O17. The fourth-order valence-corrected chi connectivity index (χ4v) is 13.8. The van der Waals surface area contributed by atoms with Crippen LogP contribution in [0.5, 0.6) is 0 Å². The third kappa shape index (κ3) is 7.32. The summed E-state index contributed by atoms with van der Waals surface area (Å²) in [6.45, 7) is 10.5. The van der Waals surface area contributed by atoms with Gasteiger partial charge in [0.2, 0.25) is 0 Å². The second-order valence-electron chi connectivity index (χ2n) is 20.7. The van der Waals surface area contributed by atoms with Crippen LogP contribution in [0.4, 0.5) is 0 Å². The van der Waals surface area contributed by atoms with Crippen LogP contribution in [0.25, 0.3) is 0 Å². The highest BCUT2D eigenvalue weighted by molar-refractivity contribution is 5.29. The zero-order chi connectivity index (χ0) is 43.5. The van der Waals surface area contributed by atoms with Crippen LogP contribution in [0.3, 0.4) is 0 Å². The Morgan fingerprint density at radius 3 is 2.20 bits per heavy atom. The third-order valence-electron chi connectivity index (χ3n) is 17.4. The Morgan fingerprint density at radius 1 is 0.738 bits per heavy atom. The lowest BCUT2D eigenvalue weighted by molar-refractivity contribution is -0.392. The van der Waals surface area contributed by atoms with E-state index in [-0.39, 0.29) is 36.4 Å². The molecule has 348 valence electrons. The third-order valence-corrected chi connectivity index (χ3v) is 17.4. The summed E-state index contributed by atoms with van der Waals surface area (Å²) in [5.41, 5.74) is 0.602. The van der Waals surface area contributed by atoms with Gasteiger partial charge >= 0.3 is 0 Å². The molecule has 3 saturated carbocycles. The molecule has 0 radical (unpaired) electrons. The first kappa shape index (κ1) is 45.2. The number of hydrogen-bond donors (Lipinski definition) is 9. The van der Waals surface area contributed by atoms with Crippen LogP contribution in [0.2, 0.25) is 0 Å². The van der Waals surface area contributed by atoms with Gasteiger partial charge < -0.3 is 83.9 Å². The molecule has 9 N–H and O–H groups in total. The van der Waals surface area contributed by atoms with Gasteiger partial charge in [-0.25, -0.2) is 0 Å². The van der Waals surface area contributed by atoms with Crippen LogP contribution in [-0.4, -0.2) is 176 Å². The first-order valence-corrected chi connectivity index (χ1v) is 22.9. The van der Waals surface area contributed by atoms with Crippen molar-refractivity contribution < 1.29 is 83.9 Å². The Kier molecular flexibility index (Phi) is 12.4. The van der Waals surface area contributed by atoms with Gasteiger partial charge in [0.1, 0.15) is 61.0 Å². The monoisotopic (exact) mass is 870 g/mol. The van der Waals surface area contributed by atoms with Crippen LogP contribution in [0.1, 0.15) is 86.0 Å². The van der Waals surface area contributed by atoms with Gasteiger partial charge in [-0.3, -0.25) is 0 Å². The Hall–Kier alpha value is -0.940. The summed E-state index contributed by atoms with van der Waals surface area (Å²) in [6.07, 6.45) is -13.7. The van der Waals surface area contributed by atoms with E-state index >= 15 is 0 Å². The molecular weight excluding hydrogens is 800 g/mol. The van der Waals surface area contributed by atoms with Crippen molar-refractivity contribution in [3.05, 3.63) is 11.6 Å². The van der Waals surface area contributed by atoms with Gasteiger partial charge in [-0.15, -0.1) is 0 Å². The van der Waals surface area contributed by atoms with Crippen molar-refractivity contribution in [2.45, 2.75) is 196 Å². The van der Waals surface area contributed by atoms with Gasteiger partial charge in [0.15, 0.2) is 24.7 Å². The maximum atomic E-state index is 11.6. The minimum absolute atomic E-state index is 0.0513. The average molecular weight is 871 g/mol. The SMILES string of the molecule is CC1CC[C@@]2(OC1)OC1CC3C4CC=C5CC(O)CC(OC6OC(C)C(O)C(OC7OCC(O)C(O)C7O)C6OC6OC(CO)C(O)C(O)C6O)[C@]5(C)C4CC[C@]3(C)C1C2C. The van der Waals surface area contributed by atoms with Crippen molar-refractivity contribution in [1.29, 1.82) is 0 Å². The van der Waals surface area contributed by atoms with E-state index in [1.54, 1.807) is 6.92 Å². The van der Waals surface area contributed by atoms with Gasteiger partial charge in [0.05, 0.1) is 44.2 Å². The molecule has 0 aromatic rings. The molecule has 0 aromatic carbocycles. The lowest BCUT2D eigenvalue weighted by atomic mass is 9.46. The summed E-state index contributed by atoms with van der Waals surface area (Å²) >= 11 is 0. The van der Waals surface area contributed by atoms with E-state index in [9.17, 15) is 46.0 Å². The average Bonchev–Trinajstić information content (AvgIpc) is 3.68. The van der Waals surface area contributed by atoms with Crippen molar-refractivity contribution in [3.63, 3.8) is 0 Å². The summed E-state index contributed by atoms with van der Waals surface area (Å²) in [5.74, 6) is 1.55. The molecule has 5 heterocycles. The van der Waals surface area contributed by atoms with E-state index in [2.05, 4.69) is 33.8 Å². The molecule has 5 aliphatic heterocycles. The second kappa shape index (κ2) is 16.7. The van der Waals surface area contributed by atoms with Crippen LogP contribution >= 0.6 is 0 Å². The van der Waals surface area contributed by atoms with Crippen LogP contribution in [0.15, 0.2) is 11.6 Å². The molecule has 23 unspecified atom stereocenters. The molecule has 1 spiro atoms. The van der Waals surface area contributed by atoms with Crippen molar-refractivity contribution in [2.24, 2.45) is 46.3 Å². The van der Waals surface area contributed by atoms with Crippen LogP contribution in [0, 0.1) is 46.3 Å². The topological polar surface area (TPSA) is 256 Å². The highest BCUT2D eigenvalue weighted by atomic mass is 16.8. The van der Waals surface area contributed by atoms with E-state index in [4.69, 9.17) is 37.9 Å². The maximum Gasteiger partial charge on any atom is 0.187 e. The number of aliphatic hydroxyl groups is 9. The van der Waals surface area contributed by atoms with Crippen molar-refractivity contribution in [3.8, 4) is 0 Å². The Balaban J connectivity index is 1.01. The molecule has 4 aliphatic carbocycles. The van der Waals surface area contributed by atoms with E-state index in [1.807, 2.05) is 0 Å². The molecule has 0 bridgehead atoms. The molecule has 9 rings (SSSR count). The predicted molar refractivity (Wildman–Crippen MR) is 210 cm³/mol. The smallest absolute Gasteiger partial charge is 0.187 e. The van der Waals surface area contributed by atoms with E-state index < -0.39 is 116 Å². The Morgan fingerprint density at radius 2 is 1.48 bits per heavy atom. The maximum absolute atomic E-state index is 11.6. The Bertz CT molecular complexity index is 1590. The molecule has 61 heavy (non-hydrogen) atoms. The number of ether oxygens (including phenoxy) is 8. The number of allylic oxidation sites excluding steroid dienone is 1. The zero-order valence-corrected chi connectivity index (χ0v) is 35.9. The molecule has 26 atom stereocenters. The standard InChI is InChI=1S/C44H70O17/c1-18-8-11-44(55-16-18)19(2)30-27(61-44)14-25-23-7-6-21-12-22(46)13-29(43(21,5)24(23)9-10-42(25,30)4)58-41-38(60-40-36(53)34(51)33(50)28(15-45)57-40)37(31(48)20(3)56-41)59-39-35(52)32(49)26(47)17-54-39/h6,18-20,22-41,45-53H,7-17H2,1-5H3/t18?,19?,20?,22?,23?,24?,25?,26?,27?,28?,29?,30?,31?,32?,33?,34?,35?,36?,37?,38?,39?,40?,41?,42-,43-,44+/m0/s1. The molecule has 0 amide bonds. The fourth-order valence-electron chi connectivity index (χ4n) is 13.8. The largest absolute Gasteiger partial charge is 0.394 e. The molecule has 17 heteroatoms. The summed E-state index contributed by atoms with van der Waals surface area (Å²) in [6, 6.07) is 0. The van der Waals surface area contributed by atoms with Crippen molar-refractivity contribution in [2.75, 3.05) is 19.8 Å². The zero-order valence-electron chi connectivity index (χ0n) is 35.9. The predicted octanol–water partition coefficient (Wildman–Crippen LogP) is -0.176. The highest BCUT2D eigenvalue weighted by Crippen LogP contribution is 2.71. The number of hydrogen-bond acceptors (Lipinski definition) is 17. The van der Waals surface area contributed by atoms with Crippen molar-refractivity contribution >= 4 is 0 Å². The lowest BCUT2D eigenvalue weighted by Crippen LogP contribution is -2.67. The summed E-state index contributed by atoms with van der Waals surface area (Å²) in [7, 11) is 0. The quantitative estimate of drug-likeness (QED) is 0.151. The van der Waals surface area contributed by atoms with E-state index in [1.165, 1.54) is 0 Å². The number of aliphatic hydroxyl groups excluding tert-OH is 9. The minimum atomic E-state index is -1.83. The lowest BCUT2D eigenvalue weighted by Gasteiger charge is -2.60. The summed E-state index contributed by atoms with van der Waals surface area (Å²) in [5, 5.41) is 96.9. The van der Waals surface area contributed by atoms with Crippen LogP contribution < -0.4 is 0 Å². The first-order valence-electron chi connectivity index (χ1n) is 22.9. The number of rotatable bonds is 7. The van der Waals surface area contributed by atoms with E-state index in [0.717, 1.165) is 50.7 Å². The summed E-state index contributed by atoms with van der Waals surface area (Å²) in [4.78, 5) is 0. The molecule has 17 nitrogen and oxygen atoms in total. The highest BCUT2D eigenvalue weighted by Gasteiger charge is 2.70.